The molecule has 1 aliphatic rings. The molecule has 0 radical (unpaired) electrons. The van der Waals surface area contributed by atoms with Crippen LogP contribution in [0.3, 0.4) is 0 Å². The molecule has 1 aromatic rings. The molecule has 64 valence electrons. The lowest BCUT2D eigenvalue weighted by Gasteiger charge is -2.08. The number of aromatic nitrogens is 2. The van der Waals surface area contributed by atoms with E-state index in [0.29, 0.717) is 5.69 Å². The van der Waals surface area contributed by atoms with Crippen LogP contribution in [-0.2, 0) is 4.74 Å². The molecule has 1 atom stereocenters. The highest BCUT2D eigenvalue weighted by Crippen LogP contribution is 2.31. The van der Waals surface area contributed by atoms with Crippen LogP contribution < -0.4 is 0 Å². The fourth-order valence-electron chi connectivity index (χ4n) is 1.37. The Morgan fingerprint density at radius 1 is 1.58 bits per heavy atom. The zero-order valence-corrected chi connectivity index (χ0v) is 6.60. The predicted molar refractivity (Wildman–Crippen MR) is 41.6 cm³/mol. The van der Waals surface area contributed by atoms with E-state index < -0.39 is 0 Å². The zero-order chi connectivity index (χ0) is 8.39. The van der Waals surface area contributed by atoms with Crippen molar-refractivity contribution in [3.8, 4) is 5.75 Å². The minimum Gasteiger partial charge on any atom is -0.504 e. The van der Waals surface area contributed by atoms with Gasteiger partial charge in [0.1, 0.15) is 18.1 Å². The van der Waals surface area contributed by atoms with Crippen molar-refractivity contribution in [2.75, 3.05) is 6.61 Å². The van der Waals surface area contributed by atoms with Crippen molar-refractivity contribution >= 4 is 0 Å². The van der Waals surface area contributed by atoms with Crippen LogP contribution in [0.4, 0.5) is 0 Å². The number of ether oxygens (including phenoxy) is 1. The van der Waals surface area contributed by atoms with Crippen LogP contribution in [0.15, 0.2) is 12.5 Å². The summed E-state index contributed by atoms with van der Waals surface area (Å²) in [6.45, 7) is 0.758. The summed E-state index contributed by atoms with van der Waals surface area (Å²) >= 11 is 0. The molecule has 2 rings (SSSR count). The fourth-order valence-corrected chi connectivity index (χ4v) is 1.37. The van der Waals surface area contributed by atoms with E-state index in [-0.39, 0.29) is 11.9 Å². The van der Waals surface area contributed by atoms with E-state index >= 15 is 0 Å². The van der Waals surface area contributed by atoms with Gasteiger partial charge in [-0.3, -0.25) is 0 Å². The van der Waals surface area contributed by atoms with Gasteiger partial charge in [-0.15, -0.1) is 0 Å². The maximum absolute atomic E-state index is 9.37. The Morgan fingerprint density at radius 3 is 3.17 bits per heavy atom. The molecule has 1 unspecified atom stereocenters. The van der Waals surface area contributed by atoms with Gasteiger partial charge in [0.2, 0.25) is 0 Å². The molecule has 0 bridgehead atoms. The van der Waals surface area contributed by atoms with Crippen LogP contribution in [-0.4, -0.2) is 21.7 Å². The van der Waals surface area contributed by atoms with Gasteiger partial charge in [0.25, 0.3) is 0 Å². The monoisotopic (exact) mass is 166 g/mol. The molecule has 0 aliphatic carbocycles. The third-order valence-corrected chi connectivity index (χ3v) is 1.96. The van der Waals surface area contributed by atoms with Crippen molar-refractivity contribution < 1.29 is 9.84 Å². The first-order valence-electron chi connectivity index (χ1n) is 3.98. The SMILES string of the molecule is Oc1cncnc1C1CCCO1. The Bertz CT molecular complexity index is 272. The Hall–Kier alpha value is -1.16. The Balaban J connectivity index is 2.26. The first-order valence-corrected chi connectivity index (χ1v) is 3.98. The molecule has 4 nitrogen and oxygen atoms in total. The predicted octanol–water partition coefficient (Wildman–Crippen LogP) is 1.03. The molecule has 1 aliphatic heterocycles. The lowest BCUT2D eigenvalue weighted by Crippen LogP contribution is -1.99. The maximum Gasteiger partial charge on any atom is 0.158 e. The minimum atomic E-state index is -0.0343. The quantitative estimate of drug-likeness (QED) is 0.677. The van der Waals surface area contributed by atoms with Crippen LogP contribution in [0.1, 0.15) is 24.6 Å². The molecule has 12 heavy (non-hydrogen) atoms. The first kappa shape index (κ1) is 7.49. The Morgan fingerprint density at radius 2 is 2.50 bits per heavy atom. The van der Waals surface area contributed by atoms with E-state index in [0.717, 1.165) is 19.4 Å². The second-order valence-corrected chi connectivity index (χ2v) is 2.79. The van der Waals surface area contributed by atoms with Crippen molar-refractivity contribution in [2.45, 2.75) is 18.9 Å². The second-order valence-electron chi connectivity index (χ2n) is 2.79. The first-order chi connectivity index (χ1) is 5.88. The van der Waals surface area contributed by atoms with Gasteiger partial charge in [-0.2, -0.15) is 0 Å². The molecule has 1 aromatic heterocycles. The van der Waals surface area contributed by atoms with E-state index in [1.165, 1.54) is 12.5 Å². The van der Waals surface area contributed by atoms with Crippen LogP contribution in [0.25, 0.3) is 0 Å². The molecule has 0 saturated carbocycles. The second kappa shape index (κ2) is 3.06. The maximum atomic E-state index is 9.37. The Kier molecular flexibility index (Phi) is 1.91. The average molecular weight is 166 g/mol. The summed E-state index contributed by atoms with van der Waals surface area (Å²) in [6, 6.07) is 0. The smallest absolute Gasteiger partial charge is 0.158 e. The van der Waals surface area contributed by atoms with Crippen molar-refractivity contribution in [1.82, 2.24) is 9.97 Å². The van der Waals surface area contributed by atoms with Crippen molar-refractivity contribution in [1.29, 1.82) is 0 Å². The van der Waals surface area contributed by atoms with Crippen LogP contribution in [0.2, 0.25) is 0 Å². The lowest BCUT2D eigenvalue weighted by atomic mass is 10.2. The van der Waals surface area contributed by atoms with Crippen molar-refractivity contribution in [3.63, 3.8) is 0 Å². The van der Waals surface area contributed by atoms with Gasteiger partial charge >= 0.3 is 0 Å². The highest BCUT2D eigenvalue weighted by Gasteiger charge is 2.21. The third-order valence-electron chi connectivity index (χ3n) is 1.96. The molecular weight excluding hydrogens is 156 g/mol. The number of hydrogen-bond donors (Lipinski definition) is 1. The molecule has 1 fully saturated rings. The van der Waals surface area contributed by atoms with Gasteiger partial charge in [-0.25, -0.2) is 9.97 Å². The lowest BCUT2D eigenvalue weighted by molar-refractivity contribution is 0.106. The number of nitrogens with zero attached hydrogens (tertiary/aromatic N) is 2. The van der Waals surface area contributed by atoms with Crippen LogP contribution in [0, 0.1) is 0 Å². The largest absolute Gasteiger partial charge is 0.504 e. The highest BCUT2D eigenvalue weighted by molar-refractivity contribution is 5.23. The van der Waals surface area contributed by atoms with Gasteiger partial charge < -0.3 is 9.84 Å². The minimum absolute atomic E-state index is 0.0343. The molecule has 1 saturated heterocycles. The molecular formula is C8H10N2O2. The van der Waals surface area contributed by atoms with Crippen molar-refractivity contribution in [2.24, 2.45) is 0 Å². The standard InChI is InChI=1S/C8H10N2O2/c11-6-4-9-5-10-8(6)7-2-1-3-12-7/h4-5,7,11H,1-3H2. The summed E-state index contributed by atoms with van der Waals surface area (Å²) in [5.41, 5.74) is 0.613. The van der Waals surface area contributed by atoms with E-state index in [1.54, 1.807) is 0 Å². The molecule has 0 aromatic carbocycles. The molecule has 1 N–H and O–H groups in total. The molecule has 0 spiro atoms. The normalized spacial score (nSPS) is 22.8. The topological polar surface area (TPSA) is 55.2 Å². The zero-order valence-electron chi connectivity index (χ0n) is 6.60. The van der Waals surface area contributed by atoms with Gasteiger partial charge in [0.05, 0.1) is 6.20 Å². The third kappa shape index (κ3) is 1.25. The molecule has 0 amide bonds. The summed E-state index contributed by atoms with van der Waals surface area (Å²) in [4.78, 5) is 7.67. The van der Waals surface area contributed by atoms with Gasteiger partial charge in [0, 0.05) is 6.61 Å². The van der Waals surface area contributed by atoms with Crippen molar-refractivity contribution in [3.05, 3.63) is 18.2 Å². The summed E-state index contributed by atoms with van der Waals surface area (Å²) < 4.78 is 5.37. The summed E-state index contributed by atoms with van der Waals surface area (Å²) in [5, 5.41) is 9.37. The number of hydrogen-bond acceptors (Lipinski definition) is 4. The van der Waals surface area contributed by atoms with E-state index in [4.69, 9.17) is 4.74 Å². The highest BCUT2D eigenvalue weighted by atomic mass is 16.5. The van der Waals surface area contributed by atoms with E-state index in [2.05, 4.69) is 9.97 Å². The van der Waals surface area contributed by atoms with Crippen LogP contribution >= 0.6 is 0 Å². The van der Waals surface area contributed by atoms with Gasteiger partial charge in [0.15, 0.2) is 5.75 Å². The Labute approximate surface area is 70.2 Å². The summed E-state index contributed by atoms with van der Waals surface area (Å²) in [7, 11) is 0. The van der Waals surface area contributed by atoms with E-state index in [9.17, 15) is 5.11 Å². The molecule has 2 heterocycles. The number of aromatic hydroxyl groups is 1. The average Bonchev–Trinajstić information content (AvgIpc) is 2.57. The van der Waals surface area contributed by atoms with Crippen LogP contribution in [0.5, 0.6) is 5.75 Å². The summed E-state index contributed by atoms with van der Waals surface area (Å²) in [6.07, 6.45) is 4.76. The van der Waals surface area contributed by atoms with Gasteiger partial charge in [-0.05, 0) is 12.8 Å². The van der Waals surface area contributed by atoms with E-state index in [1.807, 2.05) is 0 Å². The molecule has 4 heteroatoms. The fraction of sp³-hybridized carbons (Fsp3) is 0.500. The number of rotatable bonds is 1. The summed E-state index contributed by atoms with van der Waals surface area (Å²) in [5.74, 6) is 0.129. The van der Waals surface area contributed by atoms with Gasteiger partial charge in [-0.1, -0.05) is 0 Å².